The number of hydrogen-bond acceptors (Lipinski definition) is 6. The molecule has 0 bridgehead atoms. The fourth-order valence-electron chi connectivity index (χ4n) is 0.376. The second-order valence-corrected chi connectivity index (χ2v) is 1.80. The summed E-state index contributed by atoms with van der Waals surface area (Å²) in [6, 6.07) is 0. The van der Waals surface area contributed by atoms with Crippen molar-refractivity contribution in [2.24, 2.45) is 0 Å². The zero-order valence-electron chi connectivity index (χ0n) is 7.29. The average Bonchev–Trinajstić information content (AvgIpc) is 2.12. The van der Waals surface area contributed by atoms with Gasteiger partial charge in [-0.15, -0.1) is 0 Å². The molecule has 8 heteroatoms. The second kappa shape index (κ2) is 14.4. The zero-order valence-corrected chi connectivity index (χ0v) is 8.18. The molecule has 0 amide bonds. The van der Waals surface area contributed by atoms with E-state index in [0.717, 1.165) is 5.23 Å². The first-order chi connectivity index (χ1) is 6.22. The number of aliphatic hydroxyl groups is 2. The van der Waals surface area contributed by atoms with Crippen molar-refractivity contribution in [1.29, 1.82) is 0 Å². The van der Waals surface area contributed by atoms with Crippen LogP contribution < -0.4 is 0 Å². The van der Waals surface area contributed by atoms with Crippen molar-refractivity contribution in [3.05, 3.63) is 0 Å². The van der Waals surface area contributed by atoms with Crippen LogP contribution in [0.4, 0.5) is 0 Å². The minimum absolute atomic E-state index is 0.0488. The Morgan fingerprint density at radius 3 is 1.77 bits per heavy atom. The normalized spacial score (nSPS) is 9.92. The second-order valence-electron chi connectivity index (χ2n) is 1.63. The molecule has 0 aromatic rings. The van der Waals surface area contributed by atoms with Crippen LogP contribution in [0.15, 0.2) is 0 Å². The summed E-state index contributed by atoms with van der Waals surface area (Å²) < 4.78 is 8.46. The van der Waals surface area contributed by atoms with Gasteiger partial charge in [0.05, 0.1) is 26.4 Å². The molecule has 0 heterocycles. The van der Waals surface area contributed by atoms with Crippen molar-refractivity contribution in [1.82, 2.24) is 5.23 Å². The van der Waals surface area contributed by atoms with E-state index in [9.17, 15) is 0 Å². The summed E-state index contributed by atoms with van der Waals surface area (Å²) in [4.78, 5) is 16.5. The van der Waals surface area contributed by atoms with Crippen LogP contribution in [0.5, 0.6) is 0 Å². The fraction of sp³-hybridized carbons (Fsp3) is 1.00. The van der Waals surface area contributed by atoms with Gasteiger partial charge in [0.15, 0.2) is 0 Å². The van der Waals surface area contributed by atoms with E-state index in [2.05, 4.69) is 0 Å². The highest BCUT2D eigenvalue weighted by molar-refractivity contribution is 7.16. The van der Waals surface area contributed by atoms with E-state index in [1.54, 1.807) is 7.05 Å². The summed E-state index contributed by atoms with van der Waals surface area (Å²) >= 11 is 0. The summed E-state index contributed by atoms with van der Waals surface area (Å²) in [6.07, 6.45) is 0. The molecule has 13 heavy (non-hydrogen) atoms. The van der Waals surface area contributed by atoms with Crippen LogP contribution in [0, 0.1) is 0 Å². The molecule has 0 rings (SSSR count). The first-order valence-electron chi connectivity index (χ1n) is 3.40. The van der Waals surface area contributed by atoms with Crippen LogP contribution >= 0.6 is 8.69 Å². The summed E-state index contributed by atoms with van der Waals surface area (Å²) in [5.41, 5.74) is 0. The fourth-order valence-corrected chi connectivity index (χ4v) is 0.376. The molecule has 0 saturated heterocycles. The molecular formula is C5H14NO6P. The van der Waals surface area contributed by atoms with Gasteiger partial charge in [-0.2, -0.15) is 0 Å². The molecule has 0 aliphatic rings. The highest BCUT2D eigenvalue weighted by atomic mass is 31.1. The van der Waals surface area contributed by atoms with E-state index in [1.807, 2.05) is 0 Å². The molecule has 0 radical (unpaired) electrons. The number of rotatable bonds is 6. The molecule has 0 saturated carbocycles. The van der Waals surface area contributed by atoms with Crippen molar-refractivity contribution in [3.8, 4) is 0 Å². The van der Waals surface area contributed by atoms with Crippen molar-refractivity contribution in [3.63, 3.8) is 0 Å². The summed E-state index contributed by atoms with van der Waals surface area (Å²) in [5, 5.41) is 17.7. The SMILES string of the molecule is CN(OCCO)OCCO.O=PO. The van der Waals surface area contributed by atoms with Crippen LogP contribution in [0.25, 0.3) is 0 Å². The van der Waals surface area contributed by atoms with E-state index < -0.39 is 8.69 Å². The molecule has 80 valence electrons. The van der Waals surface area contributed by atoms with Gasteiger partial charge in [0.2, 0.25) is 0 Å². The third kappa shape index (κ3) is 18.7. The zero-order chi connectivity index (χ0) is 10.5. The average molecular weight is 215 g/mol. The van der Waals surface area contributed by atoms with Crippen molar-refractivity contribution in [2.45, 2.75) is 0 Å². The van der Waals surface area contributed by atoms with Crippen molar-refractivity contribution in [2.75, 3.05) is 33.5 Å². The quantitative estimate of drug-likeness (QED) is 0.384. The molecule has 0 unspecified atom stereocenters. The van der Waals surface area contributed by atoms with Gasteiger partial charge in [0.1, 0.15) is 0 Å². The Balaban J connectivity index is 0. The molecule has 0 aromatic heterocycles. The van der Waals surface area contributed by atoms with Gasteiger partial charge in [0, 0.05) is 7.05 Å². The largest absolute Gasteiger partial charge is 0.394 e. The predicted molar refractivity (Wildman–Crippen MR) is 43.7 cm³/mol. The monoisotopic (exact) mass is 215 g/mol. The van der Waals surface area contributed by atoms with Gasteiger partial charge in [-0.3, -0.25) is 9.68 Å². The van der Waals surface area contributed by atoms with E-state index >= 15 is 0 Å². The summed E-state index contributed by atoms with van der Waals surface area (Å²) in [6.45, 7) is 0.295. The third-order valence-electron chi connectivity index (χ3n) is 0.729. The van der Waals surface area contributed by atoms with Crippen LogP contribution in [0.3, 0.4) is 0 Å². The van der Waals surface area contributed by atoms with Crippen LogP contribution in [-0.2, 0) is 14.2 Å². The number of hydrogen-bond donors (Lipinski definition) is 3. The van der Waals surface area contributed by atoms with E-state index in [0.29, 0.717) is 0 Å². The first-order valence-corrected chi connectivity index (χ1v) is 4.17. The molecule has 0 aliphatic heterocycles. The topological polar surface area (TPSA) is 99.5 Å². The van der Waals surface area contributed by atoms with E-state index in [4.69, 9.17) is 29.3 Å². The van der Waals surface area contributed by atoms with Crippen molar-refractivity contribution < 1.29 is 29.3 Å². The molecular weight excluding hydrogens is 201 g/mol. The van der Waals surface area contributed by atoms with Gasteiger partial charge in [-0.25, -0.2) is 4.57 Å². The lowest BCUT2D eigenvalue weighted by Gasteiger charge is -2.13. The molecule has 0 aromatic carbocycles. The van der Waals surface area contributed by atoms with E-state index in [1.165, 1.54) is 0 Å². The Labute approximate surface area is 77.7 Å². The maximum Gasteiger partial charge on any atom is 0.324 e. The molecule has 0 atom stereocenters. The minimum Gasteiger partial charge on any atom is -0.394 e. The number of aliphatic hydroxyl groups excluding tert-OH is 2. The van der Waals surface area contributed by atoms with Crippen LogP contribution in [0.1, 0.15) is 0 Å². The molecule has 0 fully saturated rings. The Kier molecular flexibility index (Phi) is 17.0. The Morgan fingerprint density at radius 2 is 1.54 bits per heavy atom. The molecule has 0 spiro atoms. The smallest absolute Gasteiger partial charge is 0.324 e. The maximum absolute atomic E-state index is 8.46. The Morgan fingerprint density at radius 1 is 1.23 bits per heavy atom. The Hall–Kier alpha value is -0.140. The third-order valence-corrected chi connectivity index (χ3v) is 0.729. The number of nitrogens with zero attached hydrogens (tertiary/aromatic N) is 1. The predicted octanol–water partition coefficient (Wildman–Crippen LogP) is -1.05. The number of hydroxylamine groups is 2. The molecule has 3 N–H and O–H groups in total. The highest BCUT2D eigenvalue weighted by Gasteiger charge is 1.95. The van der Waals surface area contributed by atoms with Gasteiger partial charge in [-0.1, -0.05) is 5.23 Å². The van der Waals surface area contributed by atoms with Gasteiger partial charge in [-0.05, 0) is 0 Å². The lowest BCUT2D eigenvalue weighted by Crippen LogP contribution is -2.22. The maximum atomic E-state index is 8.46. The van der Waals surface area contributed by atoms with Gasteiger partial charge in [0.25, 0.3) is 0 Å². The minimum atomic E-state index is -0.833. The van der Waals surface area contributed by atoms with Gasteiger partial charge >= 0.3 is 8.69 Å². The standard InChI is InChI=1S/C5H13NO4.HO2P/c1-6(9-4-2-7)10-5-3-8;1-3-2/h7-8H,2-5H2,1H3;(H,1,2). The van der Waals surface area contributed by atoms with Crippen LogP contribution in [-0.4, -0.2) is 53.8 Å². The summed E-state index contributed by atoms with van der Waals surface area (Å²) in [7, 11) is 0.714. The molecule has 7 nitrogen and oxygen atoms in total. The van der Waals surface area contributed by atoms with E-state index in [-0.39, 0.29) is 26.4 Å². The van der Waals surface area contributed by atoms with Crippen molar-refractivity contribution >= 4 is 8.69 Å². The first kappa shape index (κ1) is 15.3. The lowest BCUT2D eigenvalue weighted by atomic mass is 10.8. The van der Waals surface area contributed by atoms with Gasteiger partial charge < -0.3 is 15.1 Å². The Bertz CT molecular complexity index is 97.0. The highest BCUT2D eigenvalue weighted by Crippen LogP contribution is 1.85. The molecule has 0 aliphatic carbocycles. The van der Waals surface area contributed by atoms with Crippen LogP contribution in [0.2, 0.25) is 0 Å². The summed E-state index contributed by atoms with van der Waals surface area (Å²) in [5.74, 6) is 0. The lowest BCUT2D eigenvalue weighted by molar-refractivity contribution is -0.356.